The van der Waals surface area contributed by atoms with E-state index in [0.717, 1.165) is 5.56 Å². The van der Waals surface area contributed by atoms with Gasteiger partial charge in [0.2, 0.25) is 0 Å². The highest BCUT2D eigenvalue weighted by Crippen LogP contribution is 2.42. The van der Waals surface area contributed by atoms with E-state index in [2.05, 4.69) is 15.0 Å². The molecule has 0 aliphatic heterocycles. The number of methoxy groups -OCH3 is 1. The zero-order chi connectivity index (χ0) is 13.9. The smallest absolute Gasteiger partial charge is 0.196 e. The minimum Gasteiger partial charge on any atom is -0.497 e. The molecule has 19 heavy (non-hydrogen) atoms. The molecule has 0 spiro atoms. The fraction of sp³-hybridized carbons (Fsp3) is 0.250. The van der Waals surface area contributed by atoms with Crippen molar-refractivity contribution in [3.8, 4) is 5.75 Å². The van der Waals surface area contributed by atoms with E-state index >= 15 is 0 Å². The molecule has 0 saturated heterocycles. The molecule has 2 N–H and O–H groups in total. The lowest BCUT2D eigenvalue weighted by Gasteiger charge is -2.25. The van der Waals surface area contributed by atoms with Crippen molar-refractivity contribution in [2.24, 2.45) is 5.73 Å². The van der Waals surface area contributed by atoms with Crippen molar-refractivity contribution in [2.45, 2.75) is 10.4 Å². The number of nitrogens with two attached hydrogens (primary N) is 1. The molecule has 1 heterocycles. The maximum absolute atomic E-state index is 6.29. The van der Waals surface area contributed by atoms with Crippen LogP contribution in [0.3, 0.4) is 0 Å². The van der Waals surface area contributed by atoms with Crippen LogP contribution < -0.4 is 10.5 Å². The minimum atomic E-state index is -1.45. The van der Waals surface area contributed by atoms with Crippen LogP contribution in [0.25, 0.3) is 0 Å². The molecule has 0 bridgehead atoms. The maximum Gasteiger partial charge on any atom is 0.196 e. The molecule has 0 fully saturated rings. The molecule has 0 unspecified atom stereocenters. The molecule has 2 aromatic rings. The zero-order valence-electron chi connectivity index (χ0n) is 10.1. The van der Waals surface area contributed by atoms with Crippen molar-refractivity contribution in [2.75, 3.05) is 7.11 Å². The minimum absolute atomic E-state index is 0.209. The summed E-state index contributed by atoms with van der Waals surface area (Å²) < 4.78 is 3.69. The first-order valence-electron chi connectivity index (χ1n) is 5.45. The van der Waals surface area contributed by atoms with Crippen LogP contribution in [0.1, 0.15) is 17.4 Å². The van der Waals surface area contributed by atoms with Crippen molar-refractivity contribution in [1.82, 2.24) is 15.0 Å². The summed E-state index contributed by atoms with van der Waals surface area (Å²) in [4.78, 5) is 11.6. The predicted molar refractivity (Wildman–Crippen MR) is 73.1 cm³/mol. The summed E-state index contributed by atoms with van der Waals surface area (Å²) in [6.07, 6.45) is 2.64. The van der Waals surface area contributed by atoms with Crippen molar-refractivity contribution in [3.63, 3.8) is 0 Å². The summed E-state index contributed by atoms with van der Waals surface area (Å²) in [5.74, 6) is 0.883. The number of alkyl halides is 2. The summed E-state index contributed by atoms with van der Waals surface area (Å²) in [5.41, 5.74) is 6.84. The molecular formula is C12H12Cl2N4O. The molecule has 7 heteroatoms. The van der Waals surface area contributed by atoms with E-state index in [1.54, 1.807) is 13.2 Å². The normalized spacial score (nSPS) is 13.1. The molecule has 100 valence electrons. The third-order valence-electron chi connectivity index (χ3n) is 2.64. The molecule has 1 aromatic carbocycles. The predicted octanol–water partition coefficient (Wildman–Crippen LogP) is 2.21. The second-order valence-corrected chi connectivity index (χ2v) is 5.22. The Morgan fingerprint density at radius 2 is 1.95 bits per heavy atom. The van der Waals surface area contributed by atoms with Crippen LogP contribution in [0, 0.1) is 0 Å². The van der Waals surface area contributed by atoms with Crippen LogP contribution in [0.4, 0.5) is 0 Å². The average Bonchev–Trinajstić information content (AvgIpc) is 2.47. The molecule has 1 atom stereocenters. The van der Waals surface area contributed by atoms with Crippen LogP contribution in [0.2, 0.25) is 0 Å². The third kappa shape index (κ3) is 2.94. The van der Waals surface area contributed by atoms with Crippen molar-refractivity contribution in [1.29, 1.82) is 0 Å². The van der Waals surface area contributed by atoms with Crippen molar-refractivity contribution in [3.05, 3.63) is 48.3 Å². The Labute approximate surface area is 120 Å². The molecule has 1 aromatic heterocycles. The van der Waals surface area contributed by atoms with E-state index in [1.165, 1.54) is 12.7 Å². The molecule has 2 rings (SSSR count). The molecule has 0 radical (unpaired) electrons. The largest absolute Gasteiger partial charge is 0.497 e. The van der Waals surface area contributed by atoms with Crippen LogP contribution >= 0.6 is 23.2 Å². The van der Waals surface area contributed by atoms with Gasteiger partial charge < -0.3 is 10.5 Å². The molecule has 0 saturated carbocycles. The van der Waals surface area contributed by atoms with E-state index < -0.39 is 10.4 Å². The fourth-order valence-electron chi connectivity index (χ4n) is 1.59. The lowest BCUT2D eigenvalue weighted by Crippen LogP contribution is -2.30. The number of ether oxygens (including phenoxy) is 1. The summed E-state index contributed by atoms with van der Waals surface area (Å²) >= 11 is 12.6. The molecule has 0 amide bonds. The second kappa shape index (κ2) is 5.69. The average molecular weight is 299 g/mol. The maximum atomic E-state index is 6.29. The van der Waals surface area contributed by atoms with Crippen LogP contribution in [-0.2, 0) is 4.33 Å². The standard InChI is InChI=1S/C12H12Cl2N4O/c1-19-9-4-2-3-8(5-9)10(15)12(13,14)11-17-6-16-7-18-11/h2-7,10H,15H2,1H3/t10-/m1/s1. The van der Waals surface area contributed by atoms with E-state index in [-0.39, 0.29) is 5.82 Å². The topological polar surface area (TPSA) is 73.9 Å². The fourth-order valence-corrected chi connectivity index (χ4v) is 2.04. The second-order valence-electron chi connectivity index (χ2n) is 3.84. The number of benzene rings is 1. The monoisotopic (exact) mass is 298 g/mol. The van der Waals surface area contributed by atoms with Crippen LogP contribution in [0.5, 0.6) is 5.75 Å². The van der Waals surface area contributed by atoms with Gasteiger partial charge in [0.25, 0.3) is 0 Å². The van der Waals surface area contributed by atoms with Crippen LogP contribution in [0.15, 0.2) is 36.9 Å². The lowest BCUT2D eigenvalue weighted by atomic mass is 10.0. The highest BCUT2D eigenvalue weighted by Gasteiger charge is 2.38. The van der Waals surface area contributed by atoms with Gasteiger partial charge in [0.05, 0.1) is 13.2 Å². The van der Waals surface area contributed by atoms with Crippen LogP contribution in [-0.4, -0.2) is 22.1 Å². The van der Waals surface area contributed by atoms with Gasteiger partial charge in [0, 0.05) is 0 Å². The third-order valence-corrected chi connectivity index (χ3v) is 3.44. The molecular weight excluding hydrogens is 287 g/mol. The Morgan fingerprint density at radius 3 is 2.58 bits per heavy atom. The highest BCUT2D eigenvalue weighted by atomic mass is 35.5. The molecule has 0 aliphatic carbocycles. The number of rotatable bonds is 4. The first-order valence-corrected chi connectivity index (χ1v) is 6.21. The van der Waals surface area contributed by atoms with Gasteiger partial charge in [-0.15, -0.1) is 0 Å². The van der Waals surface area contributed by atoms with Gasteiger partial charge in [-0.05, 0) is 17.7 Å². The lowest BCUT2D eigenvalue weighted by molar-refractivity contribution is 0.413. The van der Waals surface area contributed by atoms with Gasteiger partial charge in [-0.2, -0.15) is 0 Å². The summed E-state index contributed by atoms with van der Waals surface area (Å²) in [7, 11) is 1.57. The van der Waals surface area contributed by atoms with Gasteiger partial charge in [0.1, 0.15) is 18.4 Å². The Bertz CT molecular complexity index is 550. The van der Waals surface area contributed by atoms with E-state index in [1.807, 2.05) is 18.2 Å². The summed E-state index contributed by atoms with van der Waals surface area (Å²) in [6, 6.07) is 6.50. The summed E-state index contributed by atoms with van der Waals surface area (Å²) in [6.45, 7) is 0. The van der Waals surface area contributed by atoms with Gasteiger partial charge in [0.15, 0.2) is 10.2 Å². The Balaban J connectivity index is 2.34. The number of hydrogen-bond donors (Lipinski definition) is 1. The SMILES string of the molecule is COc1cccc([C@@H](N)C(Cl)(Cl)c2ncncn2)c1. The number of hydrogen-bond acceptors (Lipinski definition) is 5. The van der Waals surface area contributed by atoms with Gasteiger partial charge in [-0.3, -0.25) is 0 Å². The van der Waals surface area contributed by atoms with Crippen molar-refractivity contribution < 1.29 is 4.74 Å². The highest BCUT2D eigenvalue weighted by molar-refractivity contribution is 6.48. The number of halogens is 2. The van der Waals surface area contributed by atoms with Gasteiger partial charge in [-0.1, -0.05) is 35.3 Å². The van der Waals surface area contributed by atoms with Crippen molar-refractivity contribution >= 4 is 23.2 Å². The van der Waals surface area contributed by atoms with E-state index in [9.17, 15) is 0 Å². The first-order chi connectivity index (χ1) is 9.05. The zero-order valence-corrected chi connectivity index (χ0v) is 11.6. The molecule has 5 nitrogen and oxygen atoms in total. The number of nitrogens with zero attached hydrogens (tertiary/aromatic N) is 3. The van der Waals surface area contributed by atoms with E-state index in [0.29, 0.717) is 5.75 Å². The first kappa shape index (κ1) is 14.0. The van der Waals surface area contributed by atoms with E-state index in [4.69, 9.17) is 33.7 Å². The molecule has 0 aliphatic rings. The van der Waals surface area contributed by atoms with Gasteiger partial charge >= 0.3 is 0 Å². The quantitative estimate of drug-likeness (QED) is 0.876. The Morgan fingerprint density at radius 1 is 1.26 bits per heavy atom. The number of aromatic nitrogens is 3. The Kier molecular flexibility index (Phi) is 4.19. The van der Waals surface area contributed by atoms with Gasteiger partial charge in [-0.25, -0.2) is 15.0 Å². The Hall–Kier alpha value is -1.43. The summed E-state index contributed by atoms with van der Waals surface area (Å²) in [5, 5.41) is 0.